The SMILES string of the molecule is CC1CS(=O)(=O)CCN1Cc1cc2c(=O)n(C)cc(-c3ccnc(CC(N)=O)c3)c2o1. The minimum atomic E-state index is -3.01. The maximum Gasteiger partial charge on any atom is 0.261 e. The van der Waals surface area contributed by atoms with Gasteiger partial charge in [0.25, 0.3) is 5.56 Å². The van der Waals surface area contributed by atoms with Crippen LogP contribution in [0.15, 0.2) is 39.8 Å². The lowest BCUT2D eigenvalue weighted by Gasteiger charge is -2.32. The van der Waals surface area contributed by atoms with Crippen LogP contribution in [-0.4, -0.2) is 52.9 Å². The fourth-order valence-corrected chi connectivity index (χ4v) is 5.60. The Hall–Kier alpha value is -2.98. The number of nitrogens with zero attached hydrogens (tertiary/aromatic N) is 3. The largest absolute Gasteiger partial charge is 0.459 e. The molecule has 1 atom stereocenters. The Labute approximate surface area is 179 Å². The number of primary amides is 1. The van der Waals surface area contributed by atoms with E-state index in [0.29, 0.717) is 41.1 Å². The highest BCUT2D eigenvalue weighted by atomic mass is 32.2. The normalized spacial score (nSPS) is 19.0. The van der Waals surface area contributed by atoms with Gasteiger partial charge < -0.3 is 14.7 Å². The average molecular weight is 445 g/mol. The van der Waals surface area contributed by atoms with Crippen LogP contribution >= 0.6 is 0 Å². The first kappa shape index (κ1) is 21.3. The molecule has 3 aromatic rings. The Balaban J connectivity index is 1.74. The van der Waals surface area contributed by atoms with Gasteiger partial charge >= 0.3 is 0 Å². The second kappa shape index (κ2) is 7.93. The summed E-state index contributed by atoms with van der Waals surface area (Å²) in [6, 6.07) is 5.13. The number of hydrogen-bond acceptors (Lipinski definition) is 7. The number of rotatable bonds is 5. The van der Waals surface area contributed by atoms with Crippen LogP contribution in [-0.2, 0) is 34.6 Å². The topological polar surface area (TPSA) is 128 Å². The Bertz CT molecular complexity index is 1330. The van der Waals surface area contributed by atoms with E-state index in [1.807, 2.05) is 11.8 Å². The first-order chi connectivity index (χ1) is 14.6. The van der Waals surface area contributed by atoms with Crippen molar-refractivity contribution in [2.75, 3.05) is 18.1 Å². The van der Waals surface area contributed by atoms with E-state index < -0.39 is 15.7 Å². The minimum Gasteiger partial charge on any atom is -0.459 e. The Kier molecular flexibility index (Phi) is 5.44. The van der Waals surface area contributed by atoms with E-state index in [-0.39, 0.29) is 29.5 Å². The van der Waals surface area contributed by atoms with Gasteiger partial charge in [0, 0.05) is 37.6 Å². The maximum atomic E-state index is 12.7. The van der Waals surface area contributed by atoms with Crippen LogP contribution in [0.3, 0.4) is 0 Å². The number of carbonyl (C=O) groups is 1. The maximum absolute atomic E-state index is 12.7. The fraction of sp³-hybridized carbons (Fsp3) is 0.381. The van der Waals surface area contributed by atoms with Gasteiger partial charge in [0.1, 0.15) is 11.3 Å². The van der Waals surface area contributed by atoms with Crippen LogP contribution in [0.2, 0.25) is 0 Å². The Morgan fingerprint density at radius 3 is 2.84 bits per heavy atom. The van der Waals surface area contributed by atoms with Crippen molar-refractivity contribution in [1.82, 2.24) is 14.5 Å². The number of aromatic nitrogens is 2. The summed E-state index contributed by atoms with van der Waals surface area (Å²) in [4.78, 5) is 30.2. The third-order valence-corrected chi connectivity index (χ3v) is 7.35. The van der Waals surface area contributed by atoms with Gasteiger partial charge in [0.2, 0.25) is 5.91 Å². The molecular weight excluding hydrogens is 420 g/mol. The molecule has 1 aliphatic rings. The minimum absolute atomic E-state index is 0.0158. The van der Waals surface area contributed by atoms with Crippen molar-refractivity contribution in [1.29, 1.82) is 0 Å². The van der Waals surface area contributed by atoms with E-state index in [4.69, 9.17) is 10.2 Å². The molecule has 1 amide bonds. The standard InChI is InChI=1S/C21H24N4O5S/c1-13-12-31(28,29)6-5-25(13)10-16-9-17-20(30-16)18(11-24(2)21(17)27)14-3-4-23-15(7-14)8-19(22)26/h3-4,7,9,11,13H,5-6,8,10,12H2,1-2H3,(H2,22,26). The first-order valence-corrected chi connectivity index (χ1v) is 11.8. The second-order valence-electron chi connectivity index (χ2n) is 8.03. The zero-order valence-electron chi connectivity index (χ0n) is 17.4. The first-order valence-electron chi connectivity index (χ1n) is 9.93. The lowest BCUT2D eigenvalue weighted by Crippen LogP contribution is -2.46. The van der Waals surface area contributed by atoms with Crippen molar-refractivity contribution < 1.29 is 17.6 Å². The van der Waals surface area contributed by atoms with E-state index >= 15 is 0 Å². The molecule has 0 aliphatic carbocycles. The zero-order valence-corrected chi connectivity index (χ0v) is 18.2. The number of pyridine rings is 2. The number of amides is 1. The van der Waals surface area contributed by atoms with E-state index in [1.165, 1.54) is 4.57 Å². The van der Waals surface area contributed by atoms with Crippen LogP contribution in [0.1, 0.15) is 18.4 Å². The summed E-state index contributed by atoms with van der Waals surface area (Å²) in [6.07, 6.45) is 3.30. The van der Waals surface area contributed by atoms with E-state index in [0.717, 1.165) is 5.56 Å². The van der Waals surface area contributed by atoms with Crippen molar-refractivity contribution in [3.8, 4) is 11.1 Å². The van der Waals surface area contributed by atoms with Gasteiger partial charge in [0.05, 0.1) is 35.6 Å². The van der Waals surface area contributed by atoms with Gasteiger partial charge in [0.15, 0.2) is 9.84 Å². The molecule has 9 nitrogen and oxygen atoms in total. The summed E-state index contributed by atoms with van der Waals surface area (Å²) in [5, 5.41) is 0.445. The molecule has 10 heteroatoms. The lowest BCUT2D eigenvalue weighted by atomic mass is 10.1. The van der Waals surface area contributed by atoms with Crippen LogP contribution in [0.5, 0.6) is 0 Å². The van der Waals surface area contributed by atoms with Gasteiger partial charge in [-0.3, -0.25) is 19.5 Å². The van der Waals surface area contributed by atoms with Crippen molar-refractivity contribution in [2.45, 2.75) is 25.9 Å². The van der Waals surface area contributed by atoms with Gasteiger partial charge in [-0.05, 0) is 30.7 Å². The number of hydrogen-bond donors (Lipinski definition) is 1. The van der Waals surface area contributed by atoms with Gasteiger partial charge in [-0.2, -0.15) is 0 Å². The van der Waals surface area contributed by atoms with Crippen LogP contribution in [0.4, 0.5) is 0 Å². The molecule has 1 saturated heterocycles. The molecule has 2 N–H and O–H groups in total. The van der Waals surface area contributed by atoms with Crippen LogP contribution in [0, 0.1) is 0 Å². The monoisotopic (exact) mass is 444 g/mol. The van der Waals surface area contributed by atoms with E-state index in [9.17, 15) is 18.0 Å². The van der Waals surface area contributed by atoms with E-state index in [2.05, 4.69) is 4.98 Å². The Morgan fingerprint density at radius 1 is 1.35 bits per heavy atom. The Morgan fingerprint density at radius 2 is 2.13 bits per heavy atom. The highest BCUT2D eigenvalue weighted by molar-refractivity contribution is 7.91. The molecule has 0 aromatic carbocycles. The van der Waals surface area contributed by atoms with Gasteiger partial charge in [-0.25, -0.2) is 8.42 Å². The predicted octanol–water partition coefficient (Wildman–Crippen LogP) is 0.840. The number of sulfone groups is 1. The summed E-state index contributed by atoms with van der Waals surface area (Å²) in [7, 11) is -1.35. The van der Waals surface area contributed by atoms with Gasteiger partial charge in [-0.1, -0.05) is 0 Å². The molecular formula is C21H24N4O5S. The van der Waals surface area contributed by atoms with Crippen molar-refractivity contribution in [2.24, 2.45) is 12.8 Å². The molecule has 0 radical (unpaired) electrons. The number of nitrogens with two attached hydrogens (primary N) is 1. The molecule has 4 heterocycles. The number of furan rings is 1. The quantitative estimate of drug-likeness (QED) is 0.617. The number of carbonyl (C=O) groups excluding carboxylic acids is 1. The molecule has 0 spiro atoms. The smallest absolute Gasteiger partial charge is 0.261 e. The van der Waals surface area contributed by atoms with Crippen molar-refractivity contribution in [3.63, 3.8) is 0 Å². The average Bonchev–Trinajstić information content (AvgIpc) is 3.10. The lowest BCUT2D eigenvalue weighted by molar-refractivity contribution is -0.117. The molecule has 164 valence electrons. The molecule has 4 rings (SSSR count). The third-order valence-electron chi connectivity index (χ3n) is 5.55. The number of aryl methyl sites for hydroxylation is 1. The highest BCUT2D eigenvalue weighted by Gasteiger charge is 2.29. The molecule has 1 aliphatic heterocycles. The second-order valence-corrected chi connectivity index (χ2v) is 10.3. The summed E-state index contributed by atoms with van der Waals surface area (Å²) < 4.78 is 31.3. The zero-order chi connectivity index (χ0) is 22.3. The number of fused-ring (bicyclic) bond motifs is 1. The highest BCUT2D eigenvalue weighted by Crippen LogP contribution is 2.30. The van der Waals surface area contributed by atoms with Crippen LogP contribution in [0.25, 0.3) is 22.1 Å². The van der Waals surface area contributed by atoms with Gasteiger partial charge in [-0.15, -0.1) is 0 Å². The predicted molar refractivity (Wildman–Crippen MR) is 116 cm³/mol. The molecule has 1 unspecified atom stereocenters. The molecule has 31 heavy (non-hydrogen) atoms. The third kappa shape index (κ3) is 4.40. The van der Waals surface area contributed by atoms with Crippen molar-refractivity contribution >= 4 is 26.7 Å². The molecule has 3 aromatic heterocycles. The summed E-state index contributed by atoms with van der Waals surface area (Å²) in [5.41, 5.74) is 7.53. The fourth-order valence-electron chi connectivity index (χ4n) is 3.97. The van der Waals surface area contributed by atoms with E-state index in [1.54, 1.807) is 37.6 Å². The van der Waals surface area contributed by atoms with Crippen molar-refractivity contribution in [3.05, 3.63) is 52.4 Å². The molecule has 0 bridgehead atoms. The van der Waals surface area contributed by atoms with Crippen LogP contribution < -0.4 is 11.3 Å². The summed E-state index contributed by atoms with van der Waals surface area (Å²) in [6.45, 7) is 2.71. The molecule has 1 fully saturated rings. The summed E-state index contributed by atoms with van der Waals surface area (Å²) in [5.74, 6) is 0.342. The summed E-state index contributed by atoms with van der Waals surface area (Å²) >= 11 is 0. The molecule has 0 saturated carbocycles.